The van der Waals surface area contributed by atoms with Crippen LogP contribution >= 0.6 is 23.1 Å². The first kappa shape index (κ1) is 40.9. The summed E-state index contributed by atoms with van der Waals surface area (Å²) < 4.78 is 5.34. The average Bonchev–Trinajstić information content (AvgIpc) is 3.56. The van der Waals surface area contributed by atoms with E-state index in [0.29, 0.717) is 33.0 Å². The van der Waals surface area contributed by atoms with E-state index in [1.807, 2.05) is 73.7 Å². The highest BCUT2D eigenvalue weighted by Gasteiger charge is 2.30. The van der Waals surface area contributed by atoms with Crippen LogP contribution in [0.5, 0.6) is 0 Å². The molecule has 1 unspecified atom stereocenters. The monoisotopic (exact) mass is 808 g/mol. The summed E-state index contributed by atoms with van der Waals surface area (Å²) in [6.45, 7) is 5.39. The molecule has 0 aliphatic rings. The van der Waals surface area contributed by atoms with Gasteiger partial charge in [0, 0.05) is 21.8 Å². The summed E-state index contributed by atoms with van der Waals surface area (Å²) in [5.41, 5.74) is 4.39. The fourth-order valence-corrected chi connectivity index (χ4v) is 7.98. The molecule has 12 heteroatoms. The van der Waals surface area contributed by atoms with Crippen molar-refractivity contribution in [1.29, 1.82) is 0 Å². The first-order chi connectivity index (χ1) is 28.1. The van der Waals surface area contributed by atoms with Gasteiger partial charge < -0.3 is 26.0 Å². The van der Waals surface area contributed by atoms with E-state index in [2.05, 4.69) is 21.3 Å². The highest BCUT2D eigenvalue weighted by Crippen LogP contribution is 2.40. The molecule has 0 bridgehead atoms. The molecule has 0 saturated carbocycles. The van der Waals surface area contributed by atoms with Gasteiger partial charge in [0.1, 0.15) is 15.9 Å². The molecular weight excluding hydrogens is 769 g/mol. The Balaban J connectivity index is 1.26. The number of anilines is 3. The number of thioether (sulfide) groups is 1. The van der Waals surface area contributed by atoms with Gasteiger partial charge in [0.2, 0.25) is 5.91 Å². The minimum Gasteiger partial charge on any atom is -0.462 e. The molecule has 5 aromatic carbocycles. The van der Waals surface area contributed by atoms with Crippen molar-refractivity contribution in [2.75, 3.05) is 22.6 Å². The van der Waals surface area contributed by atoms with E-state index in [-0.39, 0.29) is 27.7 Å². The molecule has 10 nitrogen and oxygen atoms in total. The van der Waals surface area contributed by atoms with Crippen LogP contribution in [0.4, 0.5) is 16.4 Å². The summed E-state index contributed by atoms with van der Waals surface area (Å²) in [7, 11) is 0. The Morgan fingerprint density at radius 1 is 0.707 bits per heavy atom. The zero-order valence-corrected chi connectivity index (χ0v) is 33.5. The van der Waals surface area contributed by atoms with Gasteiger partial charge in [-0.2, -0.15) is 0 Å². The predicted octanol–water partition coefficient (Wildman–Crippen LogP) is 9.68. The van der Waals surface area contributed by atoms with Gasteiger partial charge in [0.25, 0.3) is 17.7 Å². The Hall–Kier alpha value is -6.76. The fraction of sp³-hybridized carbons (Fsp3) is 0.109. The van der Waals surface area contributed by atoms with Gasteiger partial charge in [0.05, 0.1) is 17.0 Å². The van der Waals surface area contributed by atoms with Crippen molar-refractivity contribution < 1.29 is 28.7 Å². The molecule has 4 amide bonds. The second-order valence-corrected chi connectivity index (χ2v) is 15.2. The minimum absolute atomic E-state index is 0.0396. The lowest BCUT2D eigenvalue weighted by atomic mass is 10.1. The van der Waals surface area contributed by atoms with Crippen LogP contribution in [0.2, 0.25) is 0 Å². The molecular formula is C46H40N4O6S2. The summed E-state index contributed by atoms with van der Waals surface area (Å²) in [5, 5.41) is 10.8. The molecule has 0 aliphatic heterocycles. The van der Waals surface area contributed by atoms with Gasteiger partial charge in [-0.1, -0.05) is 103 Å². The van der Waals surface area contributed by atoms with Crippen molar-refractivity contribution in [2.45, 2.75) is 30.9 Å². The van der Waals surface area contributed by atoms with Gasteiger partial charge in [-0.3, -0.25) is 19.2 Å². The van der Waals surface area contributed by atoms with Crippen molar-refractivity contribution in [3.8, 4) is 0 Å². The van der Waals surface area contributed by atoms with Gasteiger partial charge in [-0.05, 0) is 86.0 Å². The average molecular weight is 809 g/mol. The van der Waals surface area contributed by atoms with Crippen LogP contribution in [0.25, 0.3) is 6.08 Å². The molecule has 1 heterocycles. The molecule has 0 saturated heterocycles. The minimum atomic E-state index is -0.826. The third-order valence-corrected chi connectivity index (χ3v) is 11.2. The predicted molar refractivity (Wildman–Crippen MR) is 231 cm³/mol. The summed E-state index contributed by atoms with van der Waals surface area (Å²) in [6.07, 6.45) is 1.61. The number of hydrogen-bond donors (Lipinski definition) is 4. The van der Waals surface area contributed by atoms with Crippen LogP contribution in [-0.2, 0) is 14.3 Å². The van der Waals surface area contributed by atoms with Crippen molar-refractivity contribution in [2.24, 2.45) is 0 Å². The third-order valence-electron chi connectivity index (χ3n) is 8.70. The number of nitrogens with one attached hydrogen (secondary N) is 4. The normalized spacial score (nSPS) is 11.5. The zero-order chi connectivity index (χ0) is 41.0. The molecule has 0 spiro atoms. The van der Waals surface area contributed by atoms with Gasteiger partial charge >= 0.3 is 5.97 Å². The Morgan fingerprint density at radius 2 is 1.34 bits per heavy atom. The molecule has 0 aliphatic carbocycles. The highest BCUT2D eigenvalue weighted by atomic mass is 32.2. The number of hydrogen-bond acceptors (Lipinski definition) is 8. The van der Waals surface area contributed by atoms with Gasteiger partial charge in [0.15, 0.2) is 0 Å². The maximum Gasteiger partial charge on any atom is 0.341 e. The number of rotatable bonds is 14. The molecule has 1 atom stereocenters. The molecule has 6 rings (SSSR count). The number of carbonyl (C=O) groups is 5. The number of para-hydroxylation sites is 1. The Bertz CT molecular complexity index is 2450. The number of benzene rings is 5. The number of amides is 4. The van der Waals surface area contributed by atoms with Crippen molar-refractivity contribution in [1.82, 2.24) is 5.32 Å². The Morgan fingerprint density at radius 3 is 2.02 bits per heavy atom. The van der Waals surface area contributed by atoms with E-state index in [0.717, 1.165) is 22.5 Å². The maximum atomic E-state index is 14.3. The molecule has 0 fully saturated rings. The molecule has 6 aromatic rings. The summed E-state index contributed by atoms with van der Waals surface area (Å²) in [4.78, 5) is 68.8. The van der Waals surface area contributed by atoms with Crippen LogP contribution in [0.3, 0.4) is 0 Å². The van der Waals surface area contributed by atoms with Crippen LogP contribution in [0, 0.1) is 13.8 Å². The number of ether oxygens (including phenoxy) is 1. The molecule has 1 aromatic heterocycles. The first-order valence-electron chi connectivity index (χ1n) is 18.3. The van der Waals surface area contributed by atoms with E-state index in [4.69, 9.17) is 4.74 Å². The van der Waals surface area contributed by atoms with Gasteiger partial charge in [-0.25, -0.2) is 4.79 Å². The molecule has 58 heavy (non-hydrogen) atoms. The standard InChI is InChI=1S/C46H40N4O6S2/c1-4-56-46(55)38-30(3)39(43(53)47-34-19-12-7-13-20-34)58-45(38)50-44(54)40(32-15-8-5-9-16-32)57-36-22-14-21-35(28-36)48-42(52)37(27-31-25-23-29(2)24-26-31)49-41(51)33-17-10-6-11-18-33/h5-28,40H,4H2,1-3H3,(H,47,53)(H,48,52)(H,49,51)(H,50,54)/b37-27-. The second kappa shape index (κ2) is 19.4. The van der Waals surface area contributed by atoms with Crippen molar-refractivity contribution in [3.63, 3.8) is 0 Å². The number of aryl methyl sites for hydroxylation is 1. The van der Waals surface area contributed by atoms with Crippen LogP contribution < -0.4 is 21.3 Å². The van der Waals surface area contributed by atoms with Crippen molar-refractivity contribution >= 4 is 75.1 Å². The lowest BCUT2D eigenvalue weighted by molar-refractivity contribution is -0.116. The number of thiophene rings is 1. The lowest BCUT2D eigenvalue weighted by Crippen LogP contribution is -2.30. The first-order valence-corrected chi connectivity index (χ1v) is 20.0. The SMILES string of the molecule is CCOC(=O)c1c(NC(=O)C(Sc2cccc(NC(=O)/C(=C/c3ccc(C)cc3)NC(=O)c3ccccc3)c2)c2ccccc2)sc(C(=O)Nc2ccccc2)c1C. The third kappa shape index (κ3) is 10.5. The van der Waals surface area contributed by atoms with E-state index in [1.165, 1.54) is 11.8 Å². The Kier molecular flexibility index (Phi) is 13.7. The van der Waals surface area contributed by atoms with Crippen LogP contribution in [0.15, 0.2) is 150 Å². The summed E-state index contributed by atoms with van der Waals surface area (Å²) in [6, 6.07) is 41.3. The smallest absolute Gasteiger partial charge is 0.341 e. The molecule has 292 valence electrons. The van der Waals surface area contributed by atoms with Gasteiger partial charge in [-0.15, -0.1) is 23.1 Å². The maximum absolute atomic E-state index is 14.3. The topological polar surface area (TPSA) is 143 Å². The number of carbonyl (C=O) groups excluding carboxylic acids is 5. The quantitative estimate of drug-likeness (QED) is 0.0488. The highest BCUT2D eigenvalue weighted by molar-refractivity contribution is 8.00. The molecule has 4 N–H and O–H groups in total. The summed E-state index contributed by atoms with van der Waals surface area (Å²) >= 11 is 2.23. The van der Waals surface area contributed by atoms with Crippen molar-refractivity contribution in [3.05, 3.63) is 183 Å². The Labute approximate surface area is 344 Å². The second-order valence-electron chi connectivity index (χ2n) is 13.0. The van der Waals surface area contributed by atoms with E-state index in [1.54, 1.807) is 92.7 Å². The number of esters is 1. The fourth-order valence-electron chi connectivity index (χ4n) is 5.81. The summed E-state index contributed by atoms with van der Waals surface area (Å²) in [5.74, 6) is -2.51. The van der Waals surface area contributed by atoms with Crippen LogP contribution in [0.1, 0.15) is 64.8 Å². The van der Waals surface area contributed by atoms with E-state index >= 15 is 0 Å². The largest absolute Gasteiger partial charge is 0.462 e. The zero-order valence-electron chi connectivity index (χ0n) is 31.9. The molecule has 0 radical (unpaired) electrons. The van der Waals surface area contributed by atoms with E-state index in [9.17, 15) is 24.0 Å². The van der Waals surface area contributed by atoms with Crippen LogP contribution in [-0.4, -0.2) is 36.2 Å². The van der Waals surface area contributed by atoms with E-state index < -0.39 is 34.8 Å². The lowest BCUT2D eigenvalue weighted by Gasteiger charge is -2.18.